The van der Waals surface area contributed by atoms with Crippen molar-refractivity contribution in [3.05, 3.63) is 35.4 Å². The molecule has 0 bridgehead atoms. The molecule has 0 radical (unpaired) electrons. The number of quaternary nitrogens is 1. The number of ether oxygens (including phenoxy) is 1. The second-order valence-electron chi connectivity index (χ2n) is 3.12. The minimum Gasteiger partial charge on any atom is -0.464 e. The largest absolute Gasteiger partial charge is 0.464 e. The van der Waals surface area contributed by atoms with Crippen LogP contribution < -0.4 is 5.90 Å². The first kappa shape index (κ1) is 13.1. The standard InChI is InChI=1S/C11H15N2O4/c1-15-11(14)10(13-16-2)9-6-4-3-5-8(9)7-17-12/h3-6H,7H2,1-2,12H3/q+1/b13-10+. The first-order chi connectivity index (χ1) is 8.24. The van der Waals surface area contributed by atoms with Gasteiger partial charge in [0.1, 0.15) is 13.7 Å². The van der Waals surface area contributed by atoms with Gasteiger partial charge in [0.2, 0.25) is 0 Å². The summed E-state index contributed by atoms with van der Waals surface area (Å²) in [6.45, 7) is 0.274. The Kier molecular flexibility index (Phi) is 5.12. The monoisotopic (exact) mass is 239 g/mol. The molecule has 1 aromatic carbocycles. The fourth-order valence-corrected chi connectivity index (χ4v) is 1.37. The van der Waals surface area contributed by atoms with Gasteiger partial charge < -0.3 is 9.57 Å². The Balaban J connectivity index is 3.18. The zero-order valence-electron chi connectivity index (χ0n) is 9.80. The molecular formula is C11H15N2O4+. The number of hydrogen-bond acceptors (Lipinski definition) is 5. The normalized spacial score (nSPS) is 11.1. The fraction of sp³-hybridized carbons (Fsp3) is 0.273. The first-order valence-electron chi connectivity index (χ1n) is 4.89. The molecule has 0 aliphatic carbocycles. The van der Waals surface area contributed by atoms with Gasteiger partial charge in [0.15, 0.2) is 5.71 Å². The van der Waals surface area contributed by atoms with Crippen LogP contribution in [-0.2, 0) is 25.8 Å². The highest BCUT2D eigenvalue weighted by atomic mass is 16.6. The maximum atomic E-state index is 11.6. The van der Waals surface area contributed by atoms with Gasteiger partial charge in [0, 0.05) is 5.56 Å². The first-order valence-corrected chi connectivity index (χ1v) is 4.89. The summed E-state index contributed by atoms with van der Waals surface area (Å²) >= 11 is 0. The van der Waals surface area contributed by atoms with Crippen molar-refractivity contribution in [1.82, 2.24) is 0 Å². The molecule has 0 saturated heterocycles. The number of oxime groups is 1. The average molecular weight is 239 g/mol. The van der Waals surface area contributed by atoms with E-state index < -0.39 is 5.97 Å². The topological polar surface area (TPSA) is 84.8 Å². The quantitative estimate of drug-likeness (QED) is 0.441. The lowest BCUT2D eigenvalue weighted by atomic mass is 10.0. The second-order valence-corrected chi connectivity index (χ2v) is 3.12. The van der Waals surface area contributed by atoms with Gasteiger partial charge >= 0.3 is 5.97 Å². The Bertz CT molecular complexity index is 418. The fourth-order valence-electron chi connectivity index (χ4n) is 1.37. The Morgan fingerprint density at radius 2 is 2.06 bits per heavy atom. The molecule has 0 aliphatic rings. The Morgan fingerprint density at radius 3 is 2.65 bits per heavy atom. The lowest BCUT2D eigenvalue weighted by molar-refractivity contribution is -0.695. The van der Waals surface area contributed by atoms with Crippen LogP contribution in [-0.4, -0.2) is 25.9 Å². The van der Waals surface area contributed by atoms with Gasteiger partial charge in [-0.05, 0) is 5.56 Å². The van der Waals surface area contributed by atoms with E-state index in [1.807, 2.05) is 12.1 Å². The maximum absolute atomic E-state index is 11.6. The molecule has 0 unspecified atom stereocenters. The number of esters is 1. The predicted octanol–water partition coefficient (Wildman–Crippen LogP) is -0.116. The molecule has 0 spiro atoms. The molecule has 1 rings (SSSR count). The number of carbonyl (C=O) groups is 1. The third kappa shape index (κ3) is 3.27. The Hall–Kier alpha value is -1.92. The van der Waals surface area contributed by atoms with E-state index in [9.17, 15) is 4.79 Å². The van der Waals surface area contributed by atoms with E-state index in [4.69, 9.17) is 4.84 Å². The maximum Gasteiger partial charge on any atom is 0.360 e. The van der Waals surface area contributed by atoms with Crippen molar-refractivity contribution < 1.29 is 25.1 Å². The van der Waals surface area contributed by atoms with Gasteiger partial charge in [-0.25, -0.2) is 15.5 Å². The van der Waals surface area contributed by atoms with Crippen molar-refractivity contribution in [2.75, 3.05) is 14.2 Å². The van der Waals surface area contributed by atoms with Crippen LogP contribution in [0.5, 0.6) is 0 Å². The van der Waals surface area contributed by atoms with Gasteiger partial charge in [-0.3, -0.25) is 0 Å². The number of carbonyl (C=O) groups excluding carboxylic acids is 1. The minimum absolute atomic E-state index is 0.0997. The summed E-state index contributed by atoms with van der Waals surface area (Å²) in [5, 5.41) is 3.67. The summed E-state index contributed by atoms with van der Waals surface area (Å²) in [5.74, 6) is 2.74. The smallest absolute Gasteiger partial charge is 0.360 e. The van der Waals surface area contributed by atoms with Crippen LogP contribution in [0.25, 0.3) is 0 Å². The molecule has 0 aromatic heterocycles. The number of hydrogen-bond donors (Lipinski definition) is 1. The van der Waals surface area contributed by atoms with Crippen molar-refractivity contribution >= 4 is 11.7 Å². The SMILES string of the molecule is CO/N=C(/C(=O)OC)c1ccccc1CO[NH3+]. The molecular weight excluding hydrogens is 224 g/mol. The molecule has 6 nitrogen and oxygen atoms in total. The van der Waals surface area contributed by atoms with Gasteiger partial charge in [0.05, 0.1) is 7.11 Å². The lowest BCUT2D eigenvalue weighted by Crippen LogP contribution is -2.48. The van der Waals surface area contributed by atoms with Crippen molar-refractivity contribution in [1.29, 1.82) is 0 Å². The molecule has 0 aliphatic heterocycles. The van der Waals surface area contributed by atoms with Crippen molar-refractivity contribution in [3.8, 4) is 0 Å². The van der Waals surface area contributed by atoms with Gasteiger partial charge in [0.25, 0.3) is 0 Å². The summed E-state index contributed by atoms with van der Waals surface area (Å²) in [4.78, 5) is 21.0. The zero-order chi connectivity index (χ0) is 12.7. The van der Waals surface area contributed by atoms with E-state index >= 15 is 0 Å². The molecule has 1 aromatic rings. The highest BCUT2D eigenvalue weighted by Crippen LogP contribution is 2.12. The predicted molar refractivity (Wildman–Crippen MR) is 59.7 cm³/mol. The molecule has 0 amide bonds. The van der Waals surface area contributed by atoms with E-state index in [1.165, 1.54) is 14.2 Å². The Labute approximate surface area is 98.9 Å². The molecule has 6 heteroatoms. The zero-order valence-corrected chi connectivity index (χ0v) is 9.80. The molecule has 0 atom stereocenters. The molecule has 0 saturated carbocycles. The highest BCUT2D eigenvalue weighted by molar-refractivity contribution is 6.43. The van der Waals surface area contributed by atoms with E-state index in [0.29, 0.717) is 5.56 Å². The number of rotatable bonds is 5. The van der Waals surface area contributed by atoms with Crippen LogP contribution in [0.4, 0.5) is 0 Å². The third-order valence-corrected chi connectivity index (χ3v) is 2.09. The number of nitrogens with zero attached hydrogens (tertiary/aromatic N) is 1. The average Bonchev–Trinajstić information content (AvgIpc) is 2.36. The van der Waals surface area contributed by atoms with Crippen LogP contribution in [0.1, 0.15) is 11.1 Å². The van der Waals surface area contributed by atoms with Crippen LogP contribution in [0.3, 0.4) is 0 Å². The van der Waals surface area contributed by atoms with Crippen LogP contribution in [0.2, 0.25) is 0 Å². The van der Waals surface area contributed by atoms with Crippen LogP contribution in [0.15, 0.2) is 29.4 Å². The molecule has 92 valence electrons. The van der Waals surface area contributed by atoms with E-state index in [1.54, 1.807) is 12.1 Å². The van der Waals surface area contributed by atoms with Crippen molar-refractivity contribution in [2.45, 2.75) is 6.61 Å². The van der Waals surface area contributed by atoms with Crippen molar-refractivity contribution in [2.24, 2.45) is 5.16 Å². The Morgan fingerprint density at radius 1 is 1.35 bits per heavy atom. The summed E-state index contributed by atoms with van der Waals surface area (Å²) in [6.07, 6.45) is 0. The van der Waals surface area contributed by atoms with Crippen LogP contribution in [0, 0.1) is 0 Å². The second kappa shape index (κ2) is 6.62. The summed E-state index contributed by atoms with van der Waals surface area (Å²) in [7, 11) is 2.65. The van der Waals surface area contributed by atoms with Gasteiger partial charge in [-0.1, -0.05) is 29.4 Å². The summed E-state index contributed by atoms with van der Waals surface area (Å²) in [5.41, 5.74) is 1.48. The van der Waals surface area contributed by atoms with Gasteiger partial charge in [-0.15, -0.1) is 0 Å². The minimum atomic E-state index is -0.566. The number of benzene rings is 1. The number of methoxy groups -OCH3 is 1. The third-order valence-electron chi connectivity index (χ3n) is 2.09. The highest BCUT2D eigenvalue weighted by Gasteiger charge is 2.18. The molecule has 0 fully saturated rings. The summed E-state index contributed by atoms with van der Waals surface area (Å²) < 4.78 is 4.65. The van der Waals surface area contributed by atoms with Crippen molar-refractivity contribution in [3.63, 3.8) is 0 Å². The molecule has 3 N–H and O–H groups in total. The van der Waals surface area contributed by atoms with Crippen LogP contribution >= 0.6 is 0 Å². The van der Waals surface area contributed by atoms with Gasteiger partial charge in [-0.2, -0.15) is 0 Å². The molecule has 17 heavy (non-hydrogen) atoms. The van der Waals surface area contributed by atoms with E-state index in [0.717, 1.165) is 5.56 Å². The lowest BCUT2D eigenvalue weighted by Gasteiger charge is -2.08. The van der Waals surface area contributed by atoms with E-state index in [2.05, 4.69) is 20.6 Å². The van der Waals surface area contributed by atoms with E-state index in [-0.39, 0.29) is 12.3 Å². The summed E-state index contributed by atoms with van der Waals surface area (Å²) in [6, 6.07) is 7.17. The molecule has 0 heterocycles.